The van der Waals surface area contributed by atoms with Gasteiger partial charge >= 0.3 is 0 Å². The fourth-order valence-electron chi connectivity index (χ4n) is 2.05. The Hall–Kier alpha value is -1.26. The van der Waals surface area contributed by atoms with Crippen molar-refractivity contribution in [3.8, 4) is 12.3 Å². The van der Waals surface area contributed by atoms with Crippen molar-refractivity contribution in [1.29, 1.82) is 0 Å². The van der Waals surface area contributed by atoms with Crippen molar-refractivity contribution in [2.24, 2.45) is 0 Å². The molecular formula is C16H23N. The summed E-state index contributed by atoms with van der Waals surface area (Å²) in [7, 11) is 0. The molecule has 1 nitrogen and oxygen atoms in total. The van der Waals surface area contributed by atoms with Crippen LogP contribution < -0.4 is 5.32 Å². The SMILES string of the molecule is C#CCCCCC(CNCC)c1ccccc1. The van der Waals surface area contributed by atoms with E-state index in [2.05, 4.69) is 48.5 Å². The molecule has 1 rings (SSSR count). The molecule has 0 aliphatic heterocycles. The van der Waals surface area contributed by atoms with E-state index in [9.17, 15) is 0 Å². The first-order valence-corrected chi connectivity index (χ1v) is 6.57. The van der Waals surface area contributed by atoms with Crippen LogP contribution in [0.1, 0.15) is 44.1 Å². The first kappa shape index (κ1) is 13.8. The molecule has 1 N–H and O–H groups in total. The summed E-state index contributed by atoms with van der Waals surface area (Å²) in [5.74, 6) is 3.33. The second kappa shape index (κ2) is 8.84. The second-order valence-corrected chi connectivity index (χ2v) is 4.37. The van der Waals surface area contributed by atoms with Gasteiger partial charge in [-0.25, -0.2) is 0 Å². The Balaban J connectivity index is 2.46. The summed E-state index contributed by atoms with van der Waals surface area (Å²) in [6.07, 6.45) is 9.76. The van der Waals surface area contributed by atoms with Crippen LogP contribution in [0.15, 0.2) is 30.3 Å². The number of benzene rings is 1. The summed E-state index contributed by atoms with van der Waals surface area (Å²) in [6, 6.07) is 10.8. The van der Waals surface area contributed by atoms with Crippen molar-refractivity contribution in [2.75, 3.05) is 13.1 Å². The van der Waals surface area contributed by atoms with Gasteiger partial charge in [-0.15, -0.1) is 12.3 Å². The summed E-state index contributed by atoms with van der Waals surface area (Å²) in [6.45, 7) is 4.25. The third-order valence-electron chi connectivity index (χ3n) is 3.04. The number of rotatable bonds is 8. The molecule has 0 saturated carbocycles. The first-order valence-electron chi connectivity index (χ1n) is 6.57. The van der Waals surface area contributed by atoms with E-state index in [1.54, 1.807) is 0 Å². The molecule has 1 heteroatoms. The van der Waals surface area contributed by atoms with Gasteiger partial charge in [0.25, 0.3) is 0 Å². The number of likely N-dealkylation sites (N-methyl/N-ethyl adjacent to an activating group) is 1. The summed E-state index contributed by atoms with van der Waals surface area (Å²) in [4.78, 5) is 0. The maximum atomic E-state index is 5.27. The Morgan fingerprint density at radius 2 is 2.00 bits per heavy atom. The fraction of sp³-hybridized carbons (Fsp3) is 0.500. The van der Waals surface area contributed by atoms with Crippen molar-refractivity contribution >= 4 is 0 Å². The number of nitrogens with one attached hydrogen (secondary N) is 1. The third-order valence-corrected chi connectivity index (χ3v) is 3.04. The van der Waals surface area contributed by atoms with Crippen LogP contribution >= 0.6 is 0 Å². The summed E-state index contributed by atoms with van der Waals surface area (Å²) < 4.78 is 0. The molecule has 0 aliphatic carbocycles. The van der Waals surface area contributed by atoms with Gasteiger partial charge in [0.15, 0.2) is 0 Å². The molecule has 1 aromatic rings. The normalized spacial score (nSPS) is 12.0. The van der Waals surface area contributed by atoms with Gasteiger partial charge in [0.05, 0.1) is 0 Å². The molecule has 0 heterocycles. The molecule has 1 unspecified atom stereocenters. The molecule has 0 fully saturated rings. The molecule has 0 aliphatic rings. The van der Waals surface area contributed by atoms with E-state index in [0.717, 1.165) is 25.9 Å². The van der Waals surface area contributed by atoms with Gasteiger partial charge in [0, 0.05) is 13.0 Å². The van der Waals surface area contributed by atoms with Crippen LogP contribution in [0, 0.1) is 12.3 Å². The van der Waals surface area contributed by atoms with Gasteiger partial charge in [-0.1, -0.05) is 43.7 Å². The number of hydrogen-bond donors (Lipinski definition) is 1. The number of terminal acetylenes is 1. The molecule has 17 heavy (non-hydrogen) atoms. The van der Waals surface area contributed by atoms with Crippen molar-refractivity contribution < 1.29 is 0 Å². The van der Waals surface area contributed by atoms with Crippen LogP contribution in [-0.4, -0.2) is 13.1 Å². The highest BCUT2D eigenvalue weighted by Gasteiger charge is 2.09. The van der Waals surface area contributed by atoms with E-state index in [1.807, 2.05) is 0 Å². The van der Waals surface area contributed by atoms with E-state index >= 15 is 0 Å². The Morgan fingerprint density at radius 1 is 1.24 bits per heavy atom. The lowest BCUT2D eigenvalue weighted by molar-refractivity contribution is 0.533. The maximum absolute atomic E-state index is 5.27. The van der Waals surface area contributed by atoms with Crippen LogP contribution in [0.2, 0.25) is 0 Å². The molecule has 0 radical (unpaired) electrons. The quantitative estimate of drug-likeness (QED) is 0.531. The largest absolute Gasteiger partial charge is 0.316 e. The van der Waals surface area contributed by atoms with Gasteiger partial charge in [-0.2, -0.15) is 0 Å². The molecule has 1 atom stereocenters. The third kappa shape index (κ3) is 5.56. The predicted molar refractivity (Wildman–Crippen MR) is 75.0 cm³/mol. The van der Waals surface area contributed by atoms with Gasteiger partial charge < -0.3 is 5.32 Å². The number of unbranched alkanes of at least 4 members (excludes halogenated alkanes) is 2. The number of hydrogen-bond acceptors (Lipinski definition) is 1. The summed E-state index contributed by atoms with van der Waals surface area (Å²) >= 11 is 0. The van der Waals surface area contributed by atoms with E-state index in [4.69, 9.17) is 6.42 Å². The van der Waals surface area contributed by atoms with Crippen molar-refractivity contribution in [2.45, 2.75) is 38.5 Å². The molecule has 1 aromatic carbocycles. The first-order chi connectivity index (χ1) is 8.38. The topological polar surface area (TPSA) is 12.0 Å². The minimum absolute atomic E-state index is 0.619. The average molecular weight is 229 g/mol. The molecule has 0 saturated heterocycles. The molecule has 0 bridgehead atoms. The van der Waals surface area contributed by atoms with Crippen molar-refractivity contribution in [3.05, 3.63) is 35.9 Å². The second-order valence-electron chi connectivity index (χ2n) is 4.37. The van der Waals surface area contributed by atoms with Crippen LogP contribution in [0.4, 0.5) is 0 Å². The van der Waals surface area contributed by atoms with E-state index in [1.165, 1.54) is 18.4 Å². The zero-order valence-electron chi connectivity index (χ0n) is 10.8. The van der Waals surface area contributed by atoms with E-state index < -0.39 is 0 Å². The summed E-state index contributed by atoms with van der Waals surface area (Å²) in [5.41, 5.74) is 1.44. The fourth-order valence-corrected chi connectivity index (χ4v) is 2.05. The molecular weight excluding hydrogens is 206 g/mol. The minimum Gasteiger partial charge on any atom is -0.316 e. The van der Waals surface area contributed by atoms with Gasteiger partial charge in [0.2, 0.25) is 0 Å². The molecule has 0 amide bonds. The van der Waals surface area contributed by atoms with Crippen LogP contribution in [0.3, 0.4) is 0 Å². The van der Waals surface area contributed by atoms with Crippen molar-refractivity contribution in [1.82, 2.24) is 5.32 Å². The minimum atomic E-state index is 0.619. The average Bonchev–Trinajstić information content (AvgIpc) is 2.39. The van der Waals surface area contributed by atoms with Gasteiger partial charge in [-0.05, 0) is 30.9 Å². The monoisotopic (exact) mass is 229 g/mol. The Kier molecular flexibility index (Phi) is 7.18. The lowest BCUT2D eigenvalue weighted by Crippen LogP contribution is -2.21. The zero-order chi connectivity index (χ0) is 12.3. The van der Waals surface area contributed by atoms with Gasteiger partial charge in [0.1, 0.15) is 0 Å². The van der Waals surface area contributed by atoms with E-state index in [0.29, 0.717) is 5.92 Å². The molecule has 92 valence electrons. The van der Waals surface area contributed by atoms with Crippen LogP contribution in [-0.2, 0) is 0 Å². The highest BCUT2D eigenvalue weighted by Crippen LogP contribution is 2.21. The molecule has 0 spiro atoms. The smallest absolute Gasteiger partial charge is 0.00860 e. The lowest BCUT2D eigenvalue weighted by Gasteiger charge is -2.17. The lowest BCUT2D eigenvalue weighted by atomic mass is 9.93. The zero-order valence-corrected chi connectivity index (χ0v) is 10.8. The Morgan fingerprint density at radius 3 is 2.65 bits per heavy atom. The van der Waals surface area contributed by atoms with E-state index in [-0.39, 0.29) is 0 Å². The standard InChI is InChI=1S/C16H23N/c1-3-5-6-8-13-16(14-17-4-2)15-11-9-7-10-12-15/h1,7,9-12,16-17H,4-6,8,13-14H2,2H3. The Labute approximate surface area is 106 Å². The molecule has 0 aromatic heterocycles. The van der Waals surface area contributed by atoms with Crippen LogP contribution in [0.5, 0.6) is 0 Å². The highest BCUT2D eigenvalue weighted by atomic mass is 14.8. The van der Waals surface area contributed by atoms with Crippen molar-refractivity contribution in [3.63, 3.8) is 0 Å². The van der Waals surface area contributed by atoms with Gasteiger partial charge in [-0.3, -0.25) is 0 Å². The van der Waals surface area contributed by atoms with Crippen LogP contribution in [0.25, 0.3) is 0 Å². The maximum Gasteiger partial charge on any atom is 0.00860 e. The summed E-state index contributed by atoms with van der Waals surface area (Å²) in [5, 5.41) is 3.45. The Bertz CT molecular complexity index is 323. The highest BCUT2D eigenvalue weighted by molar-refractivity contribution is 5.19. The predicted octanol–water partition coefficient (Wildman–Crippen LogP) is 3.57.